The molecule has 0 atom stereocenters. The molecule has 2 rings (SSSR count). The Morgan fingerprint density at radius 3 is 2.80 bits per heavy atom. The van der Waals surface area contributed by atoms with E-state index in [-0.39, 0.29) is 11.6 Å². The Bertz CT molecular complexity index is 663. The summed E-state index contributed by atoms with van der Waals surface area (Å²) in [6.45, 7) is 1.70. The fourth-order valence-electron chi connectivity index (χ4n) is 1.61. The summed E-state index contributed by atoms with van der Waals surface area (Å²) >= 11 is 0. The van der Waals surface area contributed by atoms with Crippen LogP contribution in [0, 0.1) is 22.9 Å². The van der Waals surface area contributed by atoms with E-state index in [4.69, 9.17) is 4.74 Å². The molecule has 0 aliphatic rings. The van der Waals surface area contributed by atoms with Crippen LogP contribution >= 0.6 is 0 Å². The molecule has 0 saturated heterocycles. The van der Waals surface area contributed by atoms with Crippen LogP contribution in [0.2, 0.25) is 0 Å². The summed E-state index contributed by atoms with van der Waals surface area (Å²) in [6.07, 6.45) is 1.27. The van der Waals surface area contributed by atoms with Crippen LogP contribution in [-0.2, 0) is 0 Å². The second-order valence-corrected chi connectivity index (χ2v) is 3.87. The molecule has 0 aliphatic carbocycles. The summed E-state index contributed by atoms with van der Waals surface area (Å²) in [5, 5.41) is 13.7. The normalized spacial score (nSPS) is 10.2. The number of nitro groups is 1. The van der Waals surface area contributed by atoms with E-state index in [1.165, 1.54) is 12.4 Å². The zero-order valence-electron chi connectivity index (χ0n) is 10.8. The van der Waals surface area contributed by atoms with Crippen LogP contribution in [0.4, 0.5) is 15.9 Å². The Hall–Kier alpha value is -2.77. The van der Waals surface area contributed by atoms with Crippen molar-refractivity contribution in [3.05, 3.63) is 46.0 Å². The molecule has 1 N–H and O–H groups in total. The summed E-state index contributed by atoms with van der Waals surface area (Å²) in [5.41, 5.74) is 0.127. The van der Waals surface area contributed by atoms with E-state index in [2.05, 4.69) is 15.3 Å². The topological polar surface area (TPSA) is 90.2 Å². The van der Waals surface area contributed by atoms with Gasteiger partial charge in [0.25, 0.3) is 0 Å². The average Bonchev–Trinajstić information content (AvgIpc) is 2.42. The maximum Gasteiger partial charge on any atom is 0.314 e. The second-order valence-electron chi connectivity index (χ2n) is 3.87. The average molecular weight is 278 g/mol. The van der Waals surface area contributed by atoms with E-state index in [1.807, 2.05) is 0 Å². The first kappa shape index (κ1) is 13.7. The molecule has 0 amide bonds. The first-order valence-electron chi connectivity index (χ1n) is 5.64. The molecule has 1 heterocycles. The van der Waals surface area contributed by atoms with E-state index in [0.29, 0.717) is 11.4 Å². The Kier molecular flexibility index (Phi) is 3.74. The summed E-state index contributed by atoms with van der Waals surface area (Å²) in [6, 6.07) is 3.07. The molecule has 0 aliphatic heterocycles. The number of halogens is 1. The van der Waals surface area contributed by atoms with Crippen molar-refractivity contribution in [2.24, 2.45) is 0 Å². The summed E-state index contributed by atoms with van der Waals surface area (Å²) in [5.74, 6) is -0.0848. The number of aromatic nitrogens is 2. The monoisotopic (exact) mass is 278 g/mol. The molecule has 8 heteroatoms. The highest BCUT2D eigenvalue weighted by molar-refractivity contribution is 5.52. The third-order valence-electron chi connectivity index (χ3n) is 2.60. The van der Waals surface area contributed by atoms with Gasteiger partial charge in [0, 0.05) is 7.05 Å². The van der Waals surface area contributed by atoms with Crippen LogP contribution in [0.1, 0.15) is 5.56 Å². The number of hydrogen-bond donors (Lipinski definition) is 1. The first-order valence-corrected chi connectivity index (χ1v) is 5.64. The molecule has 0 unspecified atom stereocenters. The van der Waals surface area contributed by atoms with Crippen LogP contribution in [0.3, 0.4) is 0 Å². The molecule has 0 fully saturated rings. The molecule has 2 aromatic rings. The van der Waals surface area contributed by atoms with Crippen molar-refractivity contribution >= 4 is 11.5 Å². The van der Waals surface area contributed by atoms with Gasteiger partial charge in [0.05, 0.1) is 16.6 Å². The predicted octanol–water partition coefficient (Wildman–Crippen LogP) is 2.67. The molecule has 0 spiro atoms. The van der Waals surface area contributed by atoms with E-state index in [9.17, 15) is 14.5 Å². The smallest absolute Gasteiger partial charge is 0.314 e. The number of nitrogens with zero attached hydrogens (tertiary/aromatic N) is 3. The number of ether oxygens (including phenoxy) is 1. The minimum absolute atomic E-state index is 0.0831. The van der Waals surface area contributed by atoms with Gasteiger partial charge in [0.2, 0.25) is 11.6 Å². The Balaban J connectivity index is 2.42. The van der Waals surface area contributed by atoms with Crippen molar-refractivity contribution in [3.8, 4) is 11.6 Å². The van der Waals surface area contributed by atoms with Crippen molar-refractivity contribution in [2.75, 3.05) is 12.4 Å². The van der Waals surface area contributed by atoms with E-state index in [1.54, 1.807) is 14.0 Å². The number of hydrogen-bond acceptors (Lipinski definition) is 6. The van der Waals surface area contributed by atoms with Crippen LogP contribution in [-0.4, -0.2) is 21.9 Å². The van der Waals surface area contributed by atoms with Crippen LogP contribution in [0.25, 0.3) is 0 Å². The Morgan fingerprint density at radius 1 is 1.40 bits per heavy atom. The predicted molar refractivity (Wildman–Crippen MR) is 69.4 cm³/mol. The maximum atomic E-state index is 13.0. The maximum absolute atomic E-state index is 13.0. The fourth-order valence-corrected chi connectivity index (χ4v) is 1.61. The molecular formula is C12H11FN4O3. The quantitative estimate of drug-likeness (QED) is 0.683. The highest BCUT2D eigenvalue weighted by Gasteiger charge is 2.19. The first-order chi connectivity index (χ1) is 9.52. The number of anilines is 1. The third kappa shape index (κ3) is 2.63. The number of nitro benzene ring substituents is 1. The summed E-state index contributed by atoms with van der Waals surface area (Å²) < 4.78 is 18.4. The van der Waals surface area contributed by atoms with Gasteiger partial charge >= 0.3 is 5.69 Å². The number of nitrogens with one attached hydrogen (secondary N) is 1. The lowest BCUT2D eigenvalue weighted by Crippen LogP contribution is -2.01. The van der Waals surface area contributed by atoms with Gasteiger partial charge in [-0.25, -0.2) is 14.4 Å². The lowest BCUT2D eigenvalue weighted by molar-refractivity contribution is -0.385. The van der Waals surface area contributed by atoms with Crippen molar-refractivity contribution in [1.29, 1.82) is 0 Å². The zero-order valence-corrected chi connectivity index (χ0v) is 10.8. The molecule has 20 heavy (non-hydrogen) atoms. The molecule has 7 nitrogen and oxygen atoms in total. The molecule has 1 aromatic carbocycles. The van der Waals surface area contributed by atoms with Gasteiger partial charge in [-0.3, -0.25) is 10.1 Å². The van der Waals surface area contributed by atoms with E-state index < -0.39 is 16.4 Å². The minimum atomic E-state index is -0.714. The zero-order chi connectivity index (χ0) is 14.7. The van der Waals surface area contributed by atoms with E-state index >= 15 is 0 Å². The van der Waals surface area contributed by atoms with Crippen molar-refractivity contribution < 1.29 is 14.1 Å². The largest absolute Gasteiger partial charge is 0.431 e. The minimum Gasteiger partial charge on any atom is -0.431 e. The van der Waals surface area contributed by atoms with E-state index in [0.717, 1.165) is 12.1 Å². The van der Waals surface area contributed by atoms with Crippen LogP contribution in [0.5, 0.6) is 11.6 Å². The standard InChI is InChI=1S/C12H11FN4O3/c1-7-11(14-2)15-6-16-12(7)20-10-4-3-8(13)5-9(10)17(18)19/h3-6H,1-2H3,(H,14,15,16). The third-order valence-corrected chi connectivity index (χ3v) is 2.60. The highest BCUT2D eigenvalue weighted by atomic mass is 19.1. The molecule has 0 radical (unpaired) electrons. The van der Waals surface area contributed by atoms with Crippen LogP contribution < -0.4 is 10.1 Å². The molecular weight excluding hydrogens is 267 g/mol. The highest BCUT2D eigenvalue weighted by Crippen LogP contribution is 2.33. The lowest BCUT2D eigenvalue weighted by Gasteiger charge is -2.10. The van der Waals surface area contributed by atoms with Crippen molar-refractivity contribution in [1.82, 2.24) is 9.97 Å². The SMILES string of the molecule is CNc1ncnc(Oc2ccc(F)cc2[N+](=O)[O-])c1C. The second kappa shape index (κ2) is 5.47. The van der Waals surface area contributed by atoms with Gasteiger partial charge in [-0.05, 0) is 19.1 Å². The van der Waals surface area contributed by atoms with Gasteiger partial charge < -0.3 is 10.1 Å². The van der Waals surface area contributed by atoms with Gasteiger partial charge in [-0.15, -0.1) is 0 Å². The van der Waals surface area contributed by atoms with Gasteiger partial charge in [0.15, 0.2) is 0 Å². The van der Waals surface area contributed by atoms with Crippen molar-refractivity contribution in [3.63, 3.8) is 0 Å². The van der Waals surface area contributed by atoms with Gasteiger partial charge in [0.1, 0.15) is 18.0 Å². The van der Waals surface area contributed by atoms with Crippen molar-refractivity contribution in [2.45, 2.75) is 6.92 Å². The Morgan fingerprint density at radius 2 is 2.15 bits per heavy atom. The molecule has 1 aromatic heterocycles. The van der Waals surface area contributed by atoms with Gasteiger partial charge in [-0.1, -0.05) is 0 Å². The molecule has 0 bridgehead atoms. The number of rotatable bonds is 4. The fraction of sp³-hybridized carbons (Fsp3) is 0.167. The van der Waals surface area contributed by atoms with Crippen LogP contribution in [0.15, 0.2) is 24.5 Å². The number of benzene rings is 1. The summed E-state index contributed by atoms with van der Waals surface area (Å²) in [4.78, 5) is 18.1. The molecule has 0 saturated carbocycles. The lowest BCUT2D eigenvalue weighted by atomic mass is 10.3. The Labute approximate surface area is 113 Å². The summed E-state index contributed by atoms with van der Waals surface area (Å²) in [7, 11) is 1.68. The molecule has 104 valence electrons. The van der Waals surface area contributed by atoms with Gasteiger partial charge in [-0.2, -0.15) is 0 Å².